The van der Waals surface area contributed by atoms with Crippen molar-refractivity contribution < 1.29 is 0 Å². The van der Waals surface area contributed by atoms with Crippen molar-refractivity contribution in [2.45, 2.75) is 73.6 Å². The molecule has 16 heavy (non-hydrogen) atoms. The van der Waals surface area contributed by atoms with Gasteiger partial charge < -0.3 is 0 Å². The molecule has 0 spiro atoms. The molecule has 1 fully saturated rings. The summed E-state index contributed by atoms with van der Waals surface area (Å²) in [6, 6.07) is 0. The van der Waals surface area contributed by atoms with Crippen LogP contribution in [0.2, 0.25) is 0 Å². The maximum absolute atomic E-state index is 2.53. The van der Waals surface area contributed by atoms with E-state index in [1.807, 2.05) is 0 Å². The minimum absolute atomic E-state index is 0.587. The largest absolute Gasteiger partial charge is 0.0649 e. The molecule has 1 saturated carbocycles. The summed E-state index contributed by atoms with van der Waals surface area (Å²) in [5.41, 5.74) is 0.587. The molecule has 0 radical (unpaired) electrons. The van der Waals surface area contributed by atoms with Gasteiger partial charge in [0.2, 0.25) is 0 Å². The molecule has 0 aromatic carbocycles. The van der Waals surface area contributed by atoms with Gasteiger partial charge in [0, 0.05) is 0 Å². The molecule has 0 heterocycles. The van der Waals surface area contributed by atoms with Gasteiger partial charge in [0.05, 0.1) is 0 Å². The molecule has 1 rings (SSSR count). The summed E-state index contributed by atoms with van der Waals surface area (Å²) in [6.07, 6.45) is 7.11. The van der Waals surface area contributed by atoms with Crippen LogP contribution in [0.25, 0.3) is 0 Å². The van der Waals surface area contributed by atoms with Crippen molar-refractivity contribution in [1.82, 2.24) is 0 Å². The highest BCUT2D eigenvalue weighted by Gasteiger charge is 2.40. The summed E-state index contributed by atoms with van der Waals surface area (Å²) in [5.74, 6) is 3.76. The fourth-order valence-electron chi connectivity index (χ4n) is 3.78. The molecule has 0 aliphatic heterocycles. The molecule has 0 aromatic heterocycles. The average Bonchev–Trinajstić information content (AvgIpc) is 2.27. The van der Waals surface area contributed by atoms with Crippen LogP contribution in [0.5, 0.6) is 0 Å². The SMILES string of the molecule is CCC(C)(CC)C1C[C@H](C)CC[C@H]1C(C)C. The van der Waals surface area contributed by atoms with Crippen LogP contribution < -0.4 is 0 Å². The molecule has 96 valence electrons. The Morgan fingerprint density at radius 2 is 1.69 bits per heavy atom. The Kier molecular flexibility index (Phi) is 4.88. The Balaban J connectivity index is 2.85. The van der Waals surface area contributed by atoms with E-state index in [0.717, 1.165) is 23.7 Å². The number of hydrogen-bond acceptors (Lipinski definition) is 0. The van der Waals surface area contributed by atoms with Crippen LogP contribution in [-0.2, 0) is 0 Å². The van der Waals surface area contributed by atoms with Gasteiger partial charge in [-0.2, -0.15) is 0 Å². The first kappa shape index (κ1) is 14.1. The van der Waals surface area contributed by atoms with E-state index in [0.29, 0.717) is 5.41 Å². The van der Waals surface area contributed by atoms with Crippen molar-refractivity contribution in [2.75, 3.05) is 0 Å². The molecule has 0 nitrogen and oxygen atoms in total. The van der Waals surface area contributed by atoms with Gasteiger partial charge in [-0.05, 0) is 41.9 Å². The van der Waals surface area contributed by atoms with Crippen LogP contribution in [0.3, 0.4) is 0 Å². The molecule has 0 amide bonds. The van der Waals surface area contributed by atoms with E-state index in [1.54, 1.807) is 0 Å². The third kappa shape index (κ3) is 2.81. The molecular formula is C16H32. The molecule has 0 heteroatoms. The van der Waals surface area contributed by atoms with Gasteiger partial charge in [0.1, 0.15) is 0 Å². The van der Waals surface area contributed by atoms with Crippen molar-refractivity contribution >= 4 is 0 Å². The fraction of sp³-hybridized carbons (Fsp3) is 1.00. The summed E-state index contributed by atoms with van der Waals surface area (Å²) in [7, 11) is 0. The molecule has 1 aliphatic rings. The second-order valence-corrected chi connectivity index (χ2v) is 6.79. The molecule has 0 aromatic rings. The van der Waals surface area contributed by atoms with E-state index in [-0.39, 0.29) is 0 Å². The fourth-order valence-corrected chi connectivity index (χ4v) is 3.78. The topological polar surface area (TPSA) is 0 Å². The second kappa shape index (κ2) is 5.56. The zero-order valence-electron chi connectivity index (χ0n) is 12.3. The first-order valence-corrected chi connectivity index (χ1v) is 7.44. The lowest BCUT2D eigenvalue weighted by Crippen LogP contribution is -2.38. The lowest BCUT2D eigenvalue weighted by Gasteiger charge is -2.47. The van der Waals surface area contributed by atoms with Gasteiger partial charge in [0.25, 0.3) is 0 Å². The predicted octanol–water partition coefficient (Wildman–Crippen LogP) is 5.52. The van der Waals surface area contributed by atoms with E-state index in [4.69, 9.17) is 0 Å². The molecular weight excluding hydrogens is 192 g/mol. The summed E-state index contributed by atoms with van der Waals surface area (Å²) >= 11 is 0. The highest BCUT2D eigenvalue weighted by molar-refractivity contribution is 4.90. The molecule has 1 aliphatic carbocycles. The Labute approximate surface area is 103 Å². The maximum atomic E-state index is 2.53. The molecule has 0 bridgehead atoms. The van der Waals surface area contributed by atoms with Gasteiger partial charge in [-0.25, -0.2) is 0 Å². The van der Waals surface area contributed by atoms with E-state index in [2.05, 4.69) is 41.5 Å². The Morgan fingerprint density at radius 1 is 1.12 bits per heavy atom. The minimum atomic E-state index is 0.587. The average molecular weight is 224 g/mol. The highest BCUT2D eigenvalue weighted by atomic mass is 14.5. The normalized spacial score (nSPS) is 32.1. The first-order valence-electron chi connectivity index (χ1n) is 7.44. The summed E-state index contributed by atoms with van der Waals surface area (Å²) < 4.78 is 0. The smallest absolute Gasteiger partial charge is 0.0300 e. The lowest BCUT2D eigenvalue weighted by atomic mass is 9.58. The predicted molar refractivity (Wildman–Crippen MR) is 73.5 cm³/mol. The van der Waals surface area contributed by atoms with Gasteiger partial charge in [0.15, 0.2) is 0 Å². The van der Waals surface area contributed by atoms with Crippen molar-refractivity contribution in [3.8, 4) is 0 Å². The molecule has 3 atom stereocenters. The van der Waals surface area contributed by atoms with Crippen LogP contribution in [0.15, 0.2) is 0 Å². The third-order valence-corrected chi connectivity index (χ3v) is 5.53. The second-order valence-electron chi connectivity index (χ2n) is 6.79. The number of rotatable bonds is 4. The molecule has 1 unspecified atom stereocenters. The van der Waals surface area contributed by atoms with Gasteiger partial charge in [-0.1, -0.05) is 60.8 Å². The van der Waals surface area contributed by atoms with Crippen LogP contribution >= 0.6 is 0 Å². The zero-order chi connectivity index (χ0) is 12.3. The van der Waals surface area contributed by atoms with Crippen LogP contribution in [0.4, 0.5) is 0 Å². The quantitative estimate of drug-likeness (QED) is 0.589. The van der Waals surface area contributed by atoms with E-state index < -0.39 is 0 Å². The van der Waals surface area contributed by atoms with E-state index >= 15 is 0 Å². The minimum Gasteiger partial charge on any atom is -0.0649 e. The summed E-state index contributed by atoms with van der Waals surface area (Å²) in [4.78, 5) is 0. The Hall–Kier alpha value is 0. The zero-order valence-corrected chi connectivity index (χ0v) is 12.3. The summed E-state index contributed by atoms with van der Waals surface area (Å²) in [5, 5.41) is 0. The van der Waals surface area contributed by atoms with Crippen LogP contribution in [-0.4, -0.2) is 0 Å². The van der Waals surface area contributed by atoms with E-state index in [1.165, 1.54) is 32.1 Å². The van der Waals surface area contributed by atoms with Crippen molar-refractivity contribution in [3.63, 3.8) is 0 Å². The number of hydrogen-bond donors (Lipinski definition) is 0. The van der Waals surface area contributed by atoms with E-state index in [9.17, 15) is 0 Å². The van der Waals surface area contributed by atoms with Crippen molar-refractivity contribution in [3.05, 3.63) is 0 Å². The standard InChI is InChI=1S/C16H32/c1-7-16(6,8-2)15-11-13(5)9-10-14(15)12(3)4/h12-15H,7-11H2,1-6H3/t13-,14+,15?/m1/s1. The van der Waals surface area contributed by atoms with Gasteiger partial charge in [-0.15, -0.1) is 0 Å². The maximum Gasteiger partial charge on any atom is -0.0300 e. The molecule has 0 saturated heterocycles. The van der Waals surface area contributed by atoms with Crippen molar-refractivity contribution in [1.29, 1.82) is 0 Å². The Morgan fingerprint density at radius 3 is 2.12 bits per heavy atom. The Bertz CT molecular complexity index is 200. The van der Waals surface area contributed by atoms with Crippen LogP contribution in [0, 0.1) is 29.1 Å². The monoisotopic (exact) mass is 224 g/mol. The third-order valence-electron chi connectivity index (χ3n) is 5.53. The van der Waals surface area contributed by atoms with Crippen molar-refractivity contribution in [2.24, 2.45) is 29.1 Å². The molecule has 0 N–H and O–H groups in total. The lowest BCUT2D eigenvalue weighted by molar-refractivity contribution is 0.0252. The summed E-state index contributed by atoms with van der Waals surface area (Å²) in [6.45, 7) is 14.6. The van der Waals surface area contributed by atoms with Gasteiger partial charge in [-0.3, -0.25) is 0 Å². The van der Waals surface area contributed by atoms with Gasteiger partial charge >= 0.3 is 0 Å². The first-order chi connectivity index (χ1) is 7.44. The van der Waals surface area contributed by atoms with Crippen LogP contribution in [0.1, 0.15) is 73.6 Å². The highest BCUT2D eigenvalue weighted by Crippen LogP contribution is 2.49.